The molecule has 4 heteroatoms. The molecule has 4 nitrogen and oxygen atoms in total. The summed E-state index contributed by atoms with van der Waals surface area (Å²) in [5.74, 6) is 0.923. The van der Waals surface area contributed by atoms with Gasteiger partial charge in [-0.1, -0.05) is 24.3 Å². The van der Waals surface area contributed by atoms with Crippen molar-refractivity contribution >= 4 is 22.4 Å². The van der Waals surface area contributed by atoms with Crippen molar-refractivity contribution in [3.63, 3.8) is 0 Å². The largest absolute Gasteiger partial charge is 0.497 e. The van der Waals surface area contributed by atoms with Crippen LogP contribution in [0.3, 0.4) is 0 Å². The summed E-state index contributed by atoms with van der Waals surface area (Å²) in [7, 11) is 1.67. The molecule has 0 fully saturated rings. The zero-order valence-corrected chi connectivity index (χ0v) is 15.8. The van der Waals surface area contributed by atoms with Crippen molar-refractivity contribution in [3.8, 4) is 5.75 Å². The Morgan fingerprint density at radius 3 is 2.68 bits per heavy atom. The van der Waals surface area contributed by atoms with Gasteiger partial charge in [0.15, 0.2) is 5.78 Å². The standard InChI is InChI=1S/C24H21N2O2/c1-16-18(7-6-17-4-3-5-21(12-17)28-2)13-20(15-24(16)27)19-8-9-22-23(14-19)26-11-10-25-22/h3-5,8-14H,1,6-7,15H2,2H3. The summed E-state index contributed by atoms with van der Waals surface area (Å²) in [6.45, 7) is 4.02. The molecule has 1 aromatic heterocycles. The molecule has 1 aliphatic carbocycles. The minimum absolute atomic E-state index is 0.0809. The first kappa shape index (κ1) is 18.1. The van der Waals surface area contributed by atoms with Gasteiger partial charge in [-0.15, -0.1) is 0 Å². The van der Waals surface area contributed by atoms with Crippen molar-refractivity contribution < 1.29 is 9.53 Å². The first-order valence-electron chi connectivity index (χ1n) is 9.27. The number of ether oxygens (including phenoxy) is 1. The van der Waals surface area contributed by atoms with Gasteiger partial charge in [-0.3, -0.25) is 14.8 Å². The Morgan fingerprint density at radius 2 is 1.86 bits per heavy atom. The Balaban J connectivity index is 1.61. The molecule has 0 N–H and O–H groups in total. The van der Waals surface area contributed by atoms with Crippen molar-refractivity contribution in [2.24, 2.45) is 0 Å². The lowest BCUT2D eigenvalue weighted by atomic mass is 9.86. The second-order valence-corrected chi connectivity index (χ2v) is 6.88. The molecular weight excluding hydrogens is 348 g/mol. The van der Waals surface area contributed by atoms with Crippen LogP contribution in [0.4, 0.5) is 0 Å². The number of ketones is 1. The number of benzene rings is 2. The molecule has 139 valence electrons. The van der Waals surface area contributed by atoms with Crippen LogP contribution in [0.5, 0.6) is 5.75 Å². The van der Waals surface area contributed by atoms with Crippen LogP contribution >= 0.6 is 0 Å². The highest BCUT2D eigenvalue weighted by Crippen LogP contribution is 2.31. The van der Waals surface area contributed by atoms with Crippen LogP contribution in [-0.4, -0.2) is 22.9 Å². The molecule has 0 saturated heterocycles. The van der Waals surface area contributed by atoms with Crippen LogP contribution in [0.15, 0.2) is 72.1 Å². The highest BCUT2D eigenvalue weighted by Gasteiger charge is 2.19. The van der Waals surface area contributed by atoms with E-state index < -0.39 is 0 Å². The first-order chi connectivity index (χ1) is 13.6. The Kier molecular flexibility index (Phi) is 5.02. The summed E-state index contributed by atoms with van der Waals surface area (Å²) in [4.78, 5) is 21.2. The second-order valence-electron chi connectivity index (χ2n) is 6.88. The highest BCUT2D eigenvalue weighted by molar-refractivity contribution is 6.06. The van der Waals surface area contributed by atoms with Gasteiger partial charge in [0.25, 0.3) is 0 Å². The SMILES string of the molecule is [CH2]C1=C(CCc2cccc(OC)c2)C=C(c2ccc3nccnc3c2)CC1=O. The fourth-order valence-electron chi connectivity index (χ4n) is 3.49. The molecule has 0 saturated carbocycles. The lowest BCUT2D eigenvalue weighted by molar-refractivity contribution is -0.114. The van der Waals surface area contributed by atoms with Crippen molar-refractivity contribution in [2.75, 3.05) is 7.11 Å². The van der Waals surface area contributed by atoms with E-state index in [-0.39, 0.29) is 5.78 Å². The fourth-order valence-corrected chi connectivity index (χ4v) is 3.49. The minimum atomic E-state index is 0.0809. The molecule has 0 atom stereocenters. The van der Waals surface area contributed by atoms with E-state index in [1.165, 1.54) is 5.56 Å². The molecule has 0 unspecified atom stereocenters. The number of methoxy groups -OCH3 is 1. The van der Waals surface area contributed by atoms with Crippen LogP contribution in [0, 0.1) is 6.92 Å². The average molecular weight is 369 g/mol. The van der Waals surface area contributed by atoms with E-state index in [9.17, 15) is 4.79 Å². The molecule has 0 bridgehead atoms. The zero-order valence-electron chi connectivity index (χ0n) is 15.8. The van der Waals surface area contributed by atoms with E-state index in [4.69, 9.17) is 4.74 Å². The van der Waals surface area contributed by atoms with E-state index in [1.54, 1.807) is 19.5 Å². The maximum Gasteiger partial charge on any atom is 0.163 e. The van der Waals surface area contributed by atoms with E-state index in [0.29, 0.717) is 12.0 Å². The van der Waals surface area contributed by atoms with Gasteiger partial charge in [-0.05, 0) is 71.9 Å². The number of carbonyl (C=O) groups is 1. The molecule has 1 aliphatic rings. The van der Waals surface area contributed by atoms with Gasteiger partial charge in [0, 0.05) is 18.8 Å². The van der Waals surface area contributed by atoms with Gasteiger partial charge in [0.2, 0.25) is 0 Å². The zero-order chi connectivity index (χ0) is 19.5. The number of nitrogens with zero attached hydrogens (tertiary/aromatic N) is 2. The van der Waals surface area contributed by atoms with E-state index in [0.717, 1.165) is 46.3 Å². The van der Waals surface area contributed by atoms with Crippen LogP contribution in [-0.2, 0) is 11.2 Å². The lowest BCUT2D eigenvalue weighted by Gasteiger charge is -2.18. The van der Waals surface area contributed by atoms with Crippen molar-refractivity contribution in [1.82, 2.24) is 9.97 Å². The molecule has 0 spiro atoms. The number of aryl methyl sites for hydroxylation is 1. The molecule has 2 aromatic carbocycles. The van der Waals surface area contributed by atoms with Crippen molar-refractivity contribution in [1.29, 1.82) is 0 Å². The van der Waals surface area contributed by atoms with Crippen molar-refractivity contribution in [3.05, 3.63) is 90.1 Å². The molecule has 4 rings (SSSR count). The van der Waals surface area contributed by atoms with Gasteiger partial charge in [-0.2, -0.15) is 0 Å². The maximum atomic E-state index is 12.6. The van der Waals surface area contributed by atoms with E-state index in [1.807, 2.05) is 36.4 Å². The smallest absolute Gasteiger partial charge is 0.163 e. The molecule has 28 heavy (non-hydrogen) atoms. The van der Waals surface area contributed by atoms with Gasteiger partial charge in [-0.25, -0.2) is 0 Å². The van der Waals surface area contributed by atoms with Gasteiger partial charge in [0.1, 0.15) is 5.75 Å². The minimum Gasteiger partial charge on any atom is -0.497 e. The van der Waals surface area contributed by atoms with Gasteiger partial charge < -0.3 is 4.74 Å². The Labute approximate surface area is 164 Å². The number of hydrogen-bond acceptors (Lipinski definition) is 4. The van der Waals surface area contributed by atoms with Gasteiger partial charge >= 0.3 is 0 Å². The molecule has 0 aliphatic heterocycles. The Morgan fingerprint density at radius 1 is 1.04 bits per heavy atom. The summed E-state index contributed by atoms with van der Waals surface area (Å²) in [6.07, 6.45) is 7.43. The third kappa shape index (κ3) is 3.72. The van der Waals surface area contributed by atoms with E-state index in [2.05, 4.69) is 29.0 Å². The average Bonchev–Trinajstić information content (AvgIpc) is 2.74. The van der Waals surface area contributed by atoms with Crippen molar-refractivity contribution in [2.45, 2.75) is 19.3 Å². The number of hydrogen-bond donors (Lipinski definition) is 0. The predicted molar refractivity (Wildman–Crippen MR) is 111 cm³/mol. The number of fused-ring (bicyclic) bond motifs is 1. The fraction of sp³-hybridized carbons (Fsp3) is 0.167. The molecule has 1 heterocycles. The Bertz CT molecular complexity index is 1110. The van der Waals surface area contributed by atoms with E-state index >= 15 is 0 Å². The number of Topliss-reactive ketones (excluding diaryl/α,β-unsaturated/α-hetero) is 1. The summed E-state index contributed by atoms with van der Waals surface area (Å²) < 4.78 is 5.29. The third-order valence-corrected chi connectivity index (χ3v) is 5.08. The van der Waals surface area contributed by atoms with Gasteiger partial charge in [0.05, 0.1) is 18.1 Å². The normalized spacial score (nSPS) is 14.4. The summed E-state index contributed by atoms with van der Waals surface area (Å²) in [5.41, 5.74) is 6.48. The molecular formula is C24H21N2O2. The third-order valence-electron chi connectivity index (χ3n) is 5.08. The monoisotopic (exact) mass is 369 g/mol. The van der Waals surface area contributed by atoms with Crippen LogP contribution < -0.4 is 4.74 Å². The second kappa shape index (κ2) is 7.77. The van der Waals surface area contributed by atoms with Crippen LogP contribution in [0.2, 0.25) is 0 Å². The molecule has 1 radical (unpaired) electrons. The lowest BCUT2D eigenvalue weighted by Crippen LogP contribution is -2.10. The molecule has 0 amide bonds. The molecule has 3 aromatic rings. The number of rotatable bonds is 5. The number of carbonyl (C=O) groups excluding carboxylic acids is 1. The Hall–Kier alpha value is -3.27. The van der Waals surface area contributed by atoms with Crippen LogP contribution in [0.25, 0.3) is 16.6 Å². The number of aromatic nitrogens is 2. The quantitative estimate of drug-likeness (QED) is 0.651. The predicted octanol–water partition coefficient (Wildman–Crippen LogP) is 4.76. The topological polar surface area (TPSA) is 52.1 Å². The maximum absolute atomic E-state index is 12.6. The highest BCUT2D eigenvalue weighted by atomic mass is 16.5. The summed E-state index contributed by atoms with van der Waals surface area (Å²) in [6, 6.07) is 14.0. The summed E-state index contributed by atoms with van der Waals surface area (Å²) >= 11 is 0. The summed E-state index contributed by atoms with van der Waals surface area (Å²) in [5, 5.41) is 0. The number of allylic oxidation sites excluding steroid dienone is 4. The first-order valence-corrected chi connectivity index (χ1v) is 9.27. The van der Waals surface area contributed by atoms with Crippen LogP contribution in [0.1, 0.15) is 24.0 Å².